The minimum absolute atomic E-state index is 0.0279. The summed E-state index contributed by atoms with van der Waals surface area (Å²) in [5, 5.41) is 21.4. The Balaban J connectivity index is 2.02. The van der Waals surface area contributed by atoms with Crippen LogP contribution in [0.4, 0.5) is 11.5 Å². The first-order valence-corrected chi connectivity index (χ1v) is 6.25. The Morgan fingerprint density at radius 1 is 1.09 bits per heavy atom. The molecule has 0 radical (unpaired) electrons. The molecule has 0 bridgehead atoms. The number of amides is 2. The molecule has 0 aliphatic carbocycles. The summed E-state index contributed by atoms with van der Waals surface area (Å²) in [4.78, 5) is 49.8. The van der Waals surface area contributed by atoms with Crippen LogP contribution in [0, 0.1) is 10.1 Å². The van der Waals surface area contributed by atoms with Gasteiger partial charge in [0.15, 0.2) is 0 Å². The number of carbonyl (C=O) groups is 3. The highest BCUT2D eigenvalue weighted by Gasteiger charge is 2.37. The Labute approximate surface area is 127 Å². The van der Waals surface area contributed by atoms with E-state index in [1.807, 2.05) is 0 Å². The topological polar surface area (TPSA) is 134 Å². The number of imide groups is 1. The van der Waals surface area contributed by atoms with Gasteiger partial charge in [-0.25, -0.2) is 9.88 Å². The summed E-state index contributed by atoms with van der Waals surface area (Å²) in [7, 11) is 0. The van der Waals surface area contributed by atoms with Crippen LogP contribution >= 0.6 is 0 Å². The lowest BCUT2D eigenvalue weighted by Crippen LogP contribution is -2.30. The second-order valence-corrected chi connectivity index (χ2v) is 4.63. The summed E-state index contributed by atoms with van der Waals surface area (Å²) >= 11 is 0. The third-order valence-corrected chi connectivity index (χ3v) is 3.29. The van der Waals surface area contributed by atoms with E-state index in [9.17, 15) is 29.6 Å². The Morgan fingerprint density at radius 3 is 2.35 bits per heavy atom. The Kier molecular flexibility index (Phi) is 3.10. The van der Waals surface area contributed by atoms with E-state index in [1.165, 1.54) is 12.1 Å². The predicted octanol–water partition coefficient (Wildman–Crippen LogP) is 0.154. The van der Waals surface area contributed by atoms with Gasteiger partial charge >= 0.3 is 0 Å². The molecule has 2 amide bonds. The van der Waals surface area contributed by atoms with Crippen LogP contribution in [0.5, 0.6) is 0 Å². The highest BCUT2D eigenvalue weighted by molar-refractivity contribution is 6.34. The van der Waals surface area contributed by atoms with E-state index in [1.54, 1.807) is 0 Å². The molecule has 114 valence electrons. The summed E-state index contributed by atoms with van der Waals surface area (Å²) in [5.74, 6) is -3.00. The second-order valence-electron chi connectivity index (χ2n) is 4.63. The van der Waals surface area contributed by atoms with Crippen LogP contribution in [-0.4, -0.2) is 27.7 Å². The standard InChI is InChI=1S/C14H7N3O6/c18-12-9-3-1-7(14(20)21)5-10(9)13(19)16(12)11-4-2-8(6-15-11)17(22)23/h1-6H,(H,20,21)/p-1. The zero-order valence-electron chi connectivity index (χ0n) is 11.3. The van der Waals surface area contributed by atoms with Gasteiger partial charge in [0.25, 0.3) is 17.5 Å². The summed E-state index contributed by atoms with van der Waals surface area (Å²) in [6, 6.07) is 5.70. The van der Waals surface area contributed by atoms with Crippen LogP contribution in [0.2, 0.25) is 0 Å². The van der Waals surface area contributed by atoms with Gasteiger partial charge in [-0.3, -0.25) is 19.7 Å². The van der Waals surface area contributed by atoms with Crippen LogP contribution in [0.1, 0.15) is 31.1 Å². The number of carbonyl (C=O) groups excluding carboxylic acids is 3. The van der Waals surface area contributed by atoms with Crippen LogP contribution in [-0.2, 0) is 0 Å². The predicted molar refractivity (Wildman–Crippen MR) is 72.8 cm³/mol. The summed E-state index contributed by atoms with van der Waals surface area (Å²) in [5.41, 5.74) is -0.579. The number of hydrogen-bond donors (Lipinski definition) is 0. The van der Waals surface area contributed by atoms with Gasteiger partial charge in [-0.2, -0.15) is 0 Å². The van der Waals surface area contributed by atoms with Crippen molar-refractivity contribution in [2.75, 3.05) is 4.90 Å². The minimum atomic E-state index is -1.47. The number of carboxylic acids is 1. The fourth-order valence-electron chi connectivity index (χ4n) is 2.19. The first kappa shape index (κ1) is 14.3. The first-order valence-electron chi connectivity index (χ1n) is 6.25. The molecule has 1 aliphatic rings. The summed E-state index contributed by atoms with van der Waals surface area (Å²) in [6.45, 7) is 0. The van der Waals surface area contributed by atoms with E-state index < -0.39 is 22.7 Å². The van der Waals surface area contributed by atoms with E-state index in [4.69, 9.17) is 0 Å². The van der Waals surface area contributed by atoms with Gasteiger partial charge in [-0.1, -0.05) is 6.07 Å². The average molecular weight is 312 g/mol. The maximum Gasteiger partial charge on any atom is 0.287 e. The quantitative estimate of drug-likeness (QED) is 0.447. The molecule has 0 fully saturated rings. The lowest BCUT2D eigenvalue weighted by atomic mass is 10.1. The van der Waals surface area contributed by atoms with Gasteiger partial charge in [0, 0.05) is 6.07 Å². The number of hydrogen-bond acceptors (Lipinski definition) is 7. The number of nitrogens with zero attached hydrogens (tertiary/aromatic N) is 3. The monoisotopic (exact) mass is 312 g/mol. The molecule has 0 unspecified atom stereocenters. The Bertz CT molecular complexity index is 875. The molecule has 0 saturated carbocycles. The van der Waals surface area contributed by atoms with Gasteiger partial charge in [0.05, 0.1) is 22.0 Å². The molecule has 0 atom stereocenters. The maximum absolute atomic E-state index is 12.3. The normalized spacial score (nSPS) is 13.1. The van der Waals surface area contributed by atoms with Crippen LogP contribution in [0.25, 0.3) is 0 Å². The van der Waals surface area contributed by atoms with Crippen molar-refractivity contribution in [3.8, 4) is 0 Å². The molecular weight excluding hydrogens is 306 g/mol. The second kappa shape index (κ2) is 4.98. The number of nitro groups is 1. The van der Waals surface area contributed by atoms with Crippen molar-refractivity contribution >= 4 is 29.3 Å². The van der Waals surface area contributed by atoms with Gasteiger partial charge in [0.1, 0.15) is 12.0 Å². The zero-order chi connectivity index (χ0) is 16.7. The fourth-order valence-corrected chi connectivity index (χ4v) is 2.19. The Hall–Kier alpha value is -3.62. The SMILES string of the molecule is O=C([O-])c1ccc2c(c1)C(=O)N(c1ccc([N+](=O)[O-])cn1)C2=O. The number of anilines is 1. The third-order valence-electron chi connectivity index (χ3n) is 3.29. The maximum atomic E-state index is 12.3. The van der Waals surface area contributed by atoms with Crippen molar-refractivity contribution in [3.63, 3.8) is 0 Å². The van der Waals surface area contributed by atoms with Gasteiger partial charge in [0.2, 0.25) is 0 Å². The van der Waals surface area contributed by atoms with Crippen LogP contribution < -0.4 is 10.0 Å². The van der Waals surface area contributed by atoms with E-state index in [-0.39, 0.29) is 28.2 Å². The number of rotatable bonds is 3. The molecule has 0 N–H and O–H groups in total. The van der Waals surface area contributed by atoms with Crippen molar-refractivity contribution in [2.45, 2.75) is 0 Å². The Morgan fingerprint density at radius 2 is 1.78 bits per heavy atom. The average Bonchev–Trinajstić information content (AvgIpc) is 2.78. The number of aromatic carboxylic acids is 1. The van der Waals surface area contributed by atoms with Gasteiger partial charge < -0.3 is 9.90 Å². The zero-order valence-corrected chi connectivity index (χ0v) is 11.3. The molecule has 1 aliphatic heterocycles. The van der Waals surface area contributed by atoms with E-state index in [0.29, 0.717) is 0 Å². The van der Waals surface area contributed by atoms with Gasteiger partial charge in [-0.05, 0) is 23.8 Å². The minimum Gasteiger partial charge on any atom is -0.545 e. The van der Waals surface area contributed by atoms with E-state index >= 15 is 0 Å². The lowest BCUT2D eigenvalue weighted by Gasteiger charge is -2.11. The third kappa shape index (κ3) is 2.20. The largest absolute Gasteiger partial charge is 0.545 e. The molecule has 2 aromatic rings. The highest BCUT2D eigenvalue weighted by atomic mass is 16.6. The molecule has 1 aromatic heterocycles. The number of aromatic nitrogens is 1. The molecule has 0 spiro atoms. The molecule has 9 heteroatoms. The van der Waals surface area contributed by atoms with Crippen molar-refractivity contribution in [1.29, 1.82) is 0 Å². The summed E-state index contributed by atoms with van der Waals surface area (Å²) < 4.78 is 0. The van der Waals surface area contributed by atoms with Crippen molar-refractivity contribution in [2.24, 2.45) is 0 Å². The van der Waals surface area contributed by atoms with Crippen molar-refractivity contribution in [3.05, 3.63) is 63.3 Å². The van der Waals surface area contributed by atoms with Crippen LogP contribution in [0.3, 0.4) is 0 Å². The van der Waals surface area contributed by atoms with E-state index in [2.05, 4.69) is 4.98 Å². The smallest absolute Gasteiger partial charge is 0.287 e. The fraction of sp³-hybridized carbons (Fsp3) is 0. The molecule has 23 heavy (non-hydrogen) atoms. The molecule has 2 heterocycles. The molecule has 0 saturated heterocycles. The highest BCUT2D eigenvalue weighted by Crippen LogP contribution is 2.28. The molecule has 3 rings (SSSR count). The summed E-state index contributed by atoms with van der Waals surface area (Å²) in [6.07, 6.45) is 0.922. The van der Waals surface area contributed by atoms with Crippen LogP contribution in [0.15, 0.2) is 36.5 Å². The molecule has 1 aromatic carbocycles. The molecule has 9 nitrogen and oxygen atoms in total. The number of fused-ring (bicyclic) bond motifs is 1. The van der Waals surface area contributed by atoms with Crippen molar-refractivity contribution < 1.29 is 24.4 Å². The van der Waals surface area contributed by atoms with E-state index in [0.717, 1.165) is 29.3 Å². The number of benzene rings is 1. The number of carboxylic acid groups (broad SMARTS) is 1. The molecular formula is C14H6N3O6-. The lowest BCUT2D eigenvalue weighted by molar-refractivity contribution is -0.385. The van der Waals surface area contributed by atoms with Gasteiger partial charge in [-0.15, -0.1) is 0 Å². The number of pyridine rings is 1. The van der Waals surface area contributed by atoms with Crippen molar-refractivity contribution in [1.82, 2.24) is 4.98 Å². The first-order chi connectivity index (χ1) is 10.9.